The van der Waals surface area contributed by atoms with Crippen LogP contribution >= 0.6 is 11.6 Å². The van der Waals surface area contributed by atoms with Gasteiger partial charge < -0.3 is 0 Å². The maximum atomic E-state index is 13.2. The minimum absolute atomic E-state index is 0.0267. The zero-order chi connectivity index (χ0) is 13.1. The normalized spacial score (nSPS) is 10.6. The topological polar surface area (TPSA) is 34.9 Å². The van der Waals surface area contributed by atoms with E-state index in [2.05, 4.69) is 5.10 Å². The molecule has 0 radical (unpaired) electrons. The monoisotopic (exact) mass is 266 g/mol. The van der Waals surface area contributed by atoms with E-state index >= 15 is 0 Å². The molecule has 1 aromatic heterocycles. The molecule has 0 fully saturated rings. The highest BCUT2D eigenvalue weighted by atomic mass is 35.5. The van der Waals surface area contributed by atoms with E-state index < -0.39 is 5.82 Å². The largest absolute Gasteiger partial charge is 0.294 e. The lowest BCUT2D eigenvalue weighted by Gasteiger charge is -2.01. The number of aromatic nitrogens is 2. The van der Waals surface area contributed by atoms with Gasteiger partial charge in [0.2, 0.25) is 0 Å². The number of halogens is 2. The van der Waals surface area contributed by atoms with Gasteiger partial charge >= 0.3 is 0 Å². The van der Waals surface area contributed by atoms with Crippen molar-refractivity contribution in [2.45, 2.75) is 12.8 Å². The number of ketones is 1. The number of aryl methyl sites for hydroxylation is 2. The van der Waals surface area contributed by atoms with Crippen molar-refractivity contribution >= 4 is 17.4 Å². The number of carbonyl (C=O) groups is 1. The third-order valence-corrected chi connectivity index (χ3v) is 2.95. The van der Waals surface area contributed by atoms with Crippen LogP contribution in [0.25, 0.3) is 0 Å². The number of hydrogen-bond donors (Lipinski definition) is 0. The Bertz CT molecular complexity index is 580. The first kappa shape index (κ1) is 12.8. The lowest BCUT2D eigenvalue weighted by Crippen LogP contribution is -2.01. The summed E-state index contributed by atoms with van der Waals surface area (Å²) in [6.45, 7) is 0. The first-order valence-electron chi connectivity index (χ1n) is 5.52. The lowest BCUT2D eigenvalue weighted by molar-refractivity contribution is 0.0982. The molecule has 0 aliphatic carbocycles. The molecule has 94 valence electrons. The fraction of sp³-hybridized carbons (Fsp3) is 0.231. The molecule has 0 unspecified atom stereocenters. The lowest BCUT2D eigenvalue weighted by atomic mass is 10.0. The Balaban J connectivity index is 2.01. The van der Waals surface area contributed by atoms with Gasteiger partial charge in [-0.05, 0) is 30.2 Å². The van der Waals surface area contributed by atoms with Crippen LogP contribution in [0.4, 0.5) is 4.39 Å². The molecule has 0 atom stereocenters. The number of hydrogen-bond acceptors (Lipinski definition) is 2. The van der Waals surface area contributed by atoms with Gasteiger partial charge in [0.25, 0.3) is 0 Å². The Kier molecular flexibility index (Phi) is 3.77. The standard InChI is InChI=1S/C13H12ClFN2O/c1-17-8-9(7-16-17)2-5-13(18)10-3-4-11(14)12(15)6-10/h3-4,6-8H,2,5H2,1H3. The van der Waals surface area contributed by atoms with Gasteiger partial charge in [-0.2, -0.15) is 5.10 Å². The minimum atomic E-state index is -0.566. The van der Waals surface area contributed by atoms with Gasteiger partial charge in [-0.25, -0.2) is 4.39 Å². The zero-order valence-corrected chi connectivity index (χ0v) is 10.6. The first-order valence-corrected chi connectivity index (χ1v) is 5.90. The van der Waals surface area contributed by atoms with E-state index in [1.807, 2.05) is 13.2 Å². The van der Waals surface area contributed by atoms with Crippen molar-refractivity contribution in [3.05, 3.63) is 52.6 Å². The number of nitrogens with zero attached hydrogens (tertiary/aromatic N) is 2. The van der Waals surface area contributed by atoms with Crippen LogP contribution in [0, 0.1) is 5.82 Å². The molecule has 5 heteroatoms. The van der Waals surface area contributed by atoms with Crippen LogP contribution in [0.1, 0.15) is 22.3 Å². The summed E-state index contributed by atoms with van der Waals surface area (Å²) in [5, 5.41) is 4.05. The third-order valence-electron chi connectivity index (χ3n) is 2.64. The van der Waals surface area contributed by atoms with Crippen LogP contribution in [-0.4, -0.2) is 15.6 Å². The van der Waals surface area contributed by atoms with Crippen molar-refractivity contribution in [1.29, 1.82) is 0 Å². The molecule has 0 aliphatic rings. The molecule has 0 aliphatic heterocycles. The van der Waals surface area contributed by atoms with Crippen LogP contribution < -0.4 is 0 Å². The van der Waals surface area contributed by atoms with Crippen LogP contribution in [0.5, 0.6) is 0 Å². The molecular weight excluding hydrogens is 255 g/mol. The summed E-state index contributed by atoms with van der Waals surface area (Å²) in [6.07, 6.45) is 4.50. The van der Waals surface area contributed by atoms with E-state index in [0.29, 0.717) is 18.4 Å². The Morgan fingerprint density at radius 2 is 2.28 bits per heavy atom. The average Bonchev–Trinajstić information content (AvgIpc) is 2.75. The highest BCUT2D eigenvalue weighted by molar-refractivity contribution is 6.30. The van der Waals surface area contributed by atoms with E-state index in [-0.39, 0.29) is 10.8 Å². The number of Topliss-reactive ketones (excluding diaryl/α,β-unsaturated/α-hetero) is 1. The predicted octanol–water partition coefficient (Wildman–Crippen LogP) is 3.03. The van der Waals surface area contributed by atoms with Crippen molar-refractivity contribution in [1.82, 2.24) is 9.78 Å². The summed E-state index contributed by atoms with van der Waals surface area (Å²) in [5.41, 5.74) is 1.33. The molecule has 0 saturated carbocycles. The highest BCUT2D eigenvalue weighted by Crippen LogP contribution is 2.17. The molecule has 2 aromatic rings. The highest BCUT2D eigenvalue weighted by Gasteiger charge is 2.09. The molecule has 0 amide bonds. The van der Waals surface area contributed by atoms with Gasteiger partial charge in [-0.1, -0.05) is 11.6 Å². The molecule has 0 spiro atoms. The number of benzene rings is 1. The molecular formula is C13H12ClFN2O. The summed E-state index contributed by atoms with van der Waals surface area (Å²) in [5.74, 6) is -0.668. The average molecular weight is 267 g/mol. The van der Waals surface area contributed by atoms with E-state index in [4.69, 9.17) is 11.6 Å². The summed E-state index contributed by atoms with van der Waals surface area (Å²) in [6, 6.07) is 4.11. The second kappa shape index (κ2) is 5.31. The van der Waals surface area contributed by atoms with Crippen LogP contribution in [-0.2, 0) is 13.5 Å². The van der Waals surface area contributed by atoms with Crippen molar-refractivity contribution in [3.8, 4) is 0 Å². The van der Waals surface area contributed by atoms with Crippen LogP contribution in [0.15, 0.2) is 30.6 Å². The molecule has 18 heavy (non-hydrogen) atoms. The first-order chi connectivity index (χ1) is 8.56. The smallest absolute Gasteiger partial charge is 0.163 e. The maximum Gasteiger partial charge on any atom is 0.163 e. The Morgan fingerprint density at radius 1 is 1.50 bits per heavy atom. The van der Waals surface area contributed by atoms with Gasteiger partial charge in [0.15, 0.2) is 5.78 Å². The second-order valence-corrected chi connectivity index (χ2v) is 4.48. The van der Waals surface area contributed by atoms with E-state index in [9.17, 15) is 9.18 Å². The Morgan fingerprint density at radius 3 is 2.89 bits per heavy atom. The summed E-state index contributed by atoms with van der Waals surface area (Å²) >= 11 is 5.56. The van der Waals surface area contributed by atoms with Crippen LogP contribution in [0.3, 0.4) is 0 Å². The molecule has 3 nitrogen and oxygen atoms in total. The van der Waals surface area contributed by atoms with E-state index in [1.165, 1.54) is 18.2 Å². The summed E-state index contributed by atoms with van der Waals surface area (Å²) in [4.78, 5) is 11.9. The third kappa shape index (κ3) is 2.96. The molecule has 0 bridgehead atoms. The van der Waals surface area contributed by atoms with E-state index in [1.54, 1.807) is 10.9 Å². The molecule has 0 N–H and O–H groups in total. The van der Waals surface area contributed by atoms with Crippen molar-refractivity contribution in [2.75, 3.05) is 0 Å². The van der Waals surface area contributed by atoms with Gasteiger partial charge in [0.05, 0.1) is 11.2 Å². The quantitative estimate of drug-likeness (QED) is 0.798. The predicted molar refractivity (Wildman–Crippen MR) is 67.3 cm³/mol. The second-order valence-electron chi connectivity index (χ2n) is 4.07. The van der Waals surface area contributed by atoms with Gasteiger partial charge in [-0.3, -0.25) is 9.48 Å². The van der Waals surface area contributed by atoms with Gasteiger partial charge in [0, 0.05) is 25.2 Å². The SMILES string of the molecule is Cn1cc(CCC(=O)c2ccc(Cl)c(F)c2)cn1. The minimum Gasteiger partial charge on any atom is -0.294 e. The maximum absolute atomic E-state index is 13.2. The van der Waals surface area contributed by atoms with Crippen molar-refractivity contribution < 1.29 is 9.18 Å². The molecule has 2 rings (SSSR count). The summed E-state index contributed by atoms with van der Waals surface area (Å²) < 4.78 is 14.9. The zero-order valence-electron chi connectivity index (χ0n) is 9.86. The molecule has 1 aromatic carbocycles. The molecule has 0 saturated heterocycles. The van der Waals surface area contributed by atoms with Crippen LogP contribution in [0.2, 0.25) is 5.02 Å². The Labute approximate surface area is 109 Å². The van der Waals surface area contributed by atoms with Gasteiger partial charge in [-0.15, -0.1) is 0 Å². The van der Waals surface area contributed by atoms with Gasteiger partial charge in [0.1, 0.15) is 5.82 Å². The van der Waals surface area contributed by atoms with Crippen molar-refractivity contribution in [2.24, 2.45) is 7.05 Å². The van der Waals surface area contributed by atoms with Crippen molar-refractivity contribution in [3.63, 3.8) is 0 Å². The van der Waals surface area contributed by atoms with E-state index in [0.717, 1.165) is 5.56 Å². The Hall–Kier alpha value is -1.68. The fourth-order valence-electron chi connectivity index (χ4n) is 1.67. The number of carbonyl (C=O) groups excluding carboxylic acids is 1. The summed E-state index contributed by atoms with van der Waals surface area (Å²) in [7, 11) is 1.82. The fourth-order valence-corrected chi connectivity index (χ4v) is 1.79. The number of rotatable bonds is 4. The molecule has 1 heterocycles.